The van der Waals surface area contributed by atoms with Gasteiger partial charge in [-0.3, -0.25) is 0 Å². The highest BCUT2D eigenvalue weighted by molar-refractivity contribution is 5.45. The van der Waals surface area contributed by atoms with Gasteiger partial charge in [-0.15, -0.1) is 0 Å². The minimum absolute atomic E-state index is 0.136. The molecule has 0 N–H and O–H groups in total. The first-order chi connectivity index (χ1) is 12.7. The van der Waals surface area contributed by atoms with E-state index in [1.165, 1.54) is 56.1 Å². The molecular formula is C25H29F. The summed E-state index contributed by atoms with van der Waals surface area (Å²) < 4.78 is 13.2. The van der Waals surface area contributed by atoms with Crippen LogP contribution in [0.2, 0.25) is 0 Å². The lowest BCUT2D eigenvalue weighted by atomic mass is 9.73. The van der Waals surface area contributed by atoms with E-state index in [4.69, 9.17) is 0 Å². The van der Waals surface area contributed by atoms with Gasteiger partial charge in [0.05, 0.1) is 0 Å². The highest BCUT2D eigenvalue weighted by Gasteiger charge is 2.26. The van der Waals surface area contributed by atoms with Crippen molar-refractivity contribution in [2.24, 2.45) is 5.92 Å². The van der Waals surface area contributed by atoms with E-state index < -0.39 is 0 Å². The van der Waals surface area contributed by atoms with Crippen molar-refractivity contribution in [1.82, 2.24) is 0 Å². The molecule has 0 heterocycles. The van der Waals surface area contributed by atoms with Crippen LogP contribution in [0.4, 0.5) is 4.39 Å². The van der Waals surface area contributed by atoms with Gasteiger partial charge in [-0.05, 0) is 110 Å². The summed E-state index contributed by atoms with van der Waals surface area (Å²) >= 11 is 0. The zero-order valence-electron chi connectivity index (χ0n) is 15.8. The number of hydrogen-bond donors (Lipinski definition) is 0. The van der Waals surface area contributed by atoms with E-state index in [1.54, 1.807) is 28.8 Å². The molecule has 0 spiro atoms. The maximum Gasteiger partial charge on any atom is 0.123 e. The summed E-state index contributed by atoms with van der Waals surface area (Å²) in [6.07, 6.45) is 14.4. The summed E-state index contributed by atoms with van der Waals surface area (Å²) in [7, 11) is 0. The van der Waals surface area contributed by atoms with Crippen molar-refractivity contribution >= 4 is 0 Å². The predicted octanol–water partition coefficient (Wildman–Crippen LogP) is 6.56. The summed E-state index contributed by atoms with van der Waals surface area (Å²) in [6.45, 7) is 2.11. The van der Waals surface area contributed by atoms with Gasteiger partial charge in [0.1, 0.15) is 5.82 Å². The molecule has 0 saturated carbocycles. The lowest BCUT2D eigenvalue weighted by Crippen LogP contribution is -2.20. The van der Waals surface area contributed by atoms with Crippen LogP contribution >= 0.6 is 0 Å². The van der Waals surface area contributed by atoms with Crippen LogP contribution in [0.3, 0.4) is 0 Å². The fourth-order valence-corrected chi connectivity index (χ4v) is 5.01. The SMILES string of the molecule is C/C=C/CC[C@H]1CCc2c(ccc3c2CC[C@H](c2ccc(F)cc2)C3)C1. The molecule has 2 aliphatic rings. The molecule has 2 aromatic carbocycles. The molecule has 0 saturated heterocycles. The predicted molar refractivity (Wildman–Crippen MR) is 107 cm³/mol. The molecule has 0 radical (unpaired) electrons. The number of fused-ring (bicyclic) bond motifs is 3. The van der Waals surface area contributed by atoms with Crippen molar-refractivity contribution in [3.63, 3.8) is 0 Å². The van der Waals surface area contributed by atoms with Crippen molar-refractivity contribution in [2.75, 3.05) is 0 Å². The number of benzene rings is 2. The van der Waals surface area contributed by atoms with Gasteiger partial charge in [0.15, 0.2) is 0 Å². The van der Waals surface area contributed by atoms with Crippen molar-refractivity contribution < 1.29 is 4.39 Å². The average molecular weight is 349 g/mol. The summed E-state index contributed by atoms with van der Waals surface area (Å²) in [6, 6.07) is 11.9. The Morgan fingerprint density at radius 3 is 2.35 bits per heavy atom. The molecule has 26 heavy (non-hydrogen) atoms. The molecule has 2 aliphatic carbocycles. The highest BCUT2D eigenvalue weighted by atomic mass is 19.1. The molecule has 2 aromatic rings. The van der Waals surface area contributed by atoms with Crippen LogP contribution in [-0.2, 0) is 25.7 Å². The zero-order valence-corrected chi connectivity index (χ0v) is 15.8. The third-order valence-electron chi connectivity index (χ3n) is 6.46. The first-order valence-electron chi connectivity index (χ1n) is 10.2. The maximum atomic E-state index is 13.2. The molecule has 0 bridgehead atoms. The summed E-state index contributed by atoms with van der Waals surface area (Å²) in [5.41, 5.74) is 7.76. The van der Waals surface area contributed by atoms with Crippen LogP contribution in [-0.4, -0.2) is 0 Å². The van der Waals surface area contributed by atoms with E-state index in [-0.39, 0.29) is 5.82 Å². The molecule has 0 unspecified atom stereocenters. The van der Waals surface area contributed by atoms with Crippen LogP contribution in [0.5, 0.6) is 0 Å². The highest BCUT2D eigenvalue weighted by Crippen LogP contribution is 2.38. The van der Waals surface area contributed by atoms with E-state index in [0.29, 0.717) is 5.92 Å². The lowest BCUT2D eigenvalue weighted by molar-refractivity contribution is 0.427. The van der Waals surface area contributed by atoms with Crippen molar-refractivity contribution in [2.45, 2.75) is 64.2 Å². The summed E-state index contributed by atoms with van der Waals surface area (Å²) in [4.78, 5) is 0. The Labute approximate surface area is 157 Å². The van der Waals surface area contributed by atoms with Gasteiger partial charge in [-0.2, -0.15) is 0 Å². The van der Waals surface area contributed by atoms with Crippen LogP contribution in [0.1, 0.15) is 66.3 Å². The van der Waals surface area contributed by atoms with E-state index in [9.17, 15) is 4.39 Å². The fourth-order valence-electron chi connectivity index (χ4n) is 5.01. The van der Waals surface area contributed by atoms with Gasteiger partial charge in [0, 0.05) is 0 Å². The second-order valence-corrected chi connectivity index (χ2v) is 8.09. The number of allylic oxidation sites excluding steroid dienone is 2. The Morgan fingerprint density at radius 1 is 0.923 bits per heavy atom. The molecule has 2 atom stereocenters. The second-order valence-electron chi connectivity index (χ2n) is 8.09. The van der Waals surface area contributed by atoms with Crippen LogP contribution in [0.15, 0.2) is 48.6 Å². The quantitative estimate of drug-likeness (QED) is 0.549. The molecule has 0 nitrogen and oxygen atoms in total. The standard InChI is InChI=1S/C25H29F/c1-2-3-4-5-18-6-14-24-21(16-18)7-8-22-17-20(11-15-25(22)24)19-9-12-23(26)13-10-19/h2-3,7-10,12-13,18,20H,4-6,11,14-17H2,1H3/b3-2+/t18-,20-/m0/s1. The normalized spacial score (nSPS) is 22.2. The largest absolute Gasteiger partial charge is 0.207 e. The van der Waals surface area contributed by atoms with Gasteiger partial charge in [-0.1, -0.05) is 36.4 Å². The van der Waals surface area contributed by atoms with Gasteiger partial charge < -0.3 is 0 Å². The number of hydrogen-bond acceptors (Lipinski definition) is 0. The molecule has 0 aromatic heterocycles. The first-order valence-corrected chi connectivity index (χ1v) is 10.2. The monoisotopic (exact) mass is 348 g/mol. The van der Waals surface area contributed by atoms with Crippen LogP contribution in [0, 0.1) is 11.7 Å². The first kappa shape index (κ1) is 17.5. The Bertz CT molecular complexity index is 785. The number of rotatable bonds is 4. The third kappa shape index (κ3) is 3.63. The van der Waals surface area contributed by atoms with Crippen LogP contribution in [0.25, 0.3) is 0 Å². The Hall–Kier alpha value is -1.89. The Kier molecular flexibility index (Phi) is 5.24. The second kappa shape index (κ2) is 7.78. The molecule has 4 rings (SSSR count). The maximum absolute atomic E-state index is 13.2. The fraction of sp³-hybridized carbons (Fsp3) is 0.440. The van der Waals surface area contributed by atoms with E-state index in [0.717, 1.165) is 12.3 Å². The van der Waals surface area contributed by atoms with Crippen molar-refractivity contribution in [3.8, 4) is 0 Å². The number of halogens is 1. The Balaban J connectivity index is 1.50. The third-order valence-corrected chi connectivity index (χ3v) is 6.46. The Morgan fingerprint density at radius 2 is 1.62 bits per heavy atom. The minimum atomic E-state index is -0.136. The average Bonchev–Trinajstić information content (AvgIpc) is 2.68. The van der Waals surface area contributed by atoms with Crippen molar-refractivity contribution in [1.29, 1.82) is 0 Å². The van der Waals surface area contributed by atoms with E-state index >= 15 is 0 Å². The molecule has 0 amide bonds. The van der Waals surface area contributed by atoms with Gasteiger partial charge in [0.2, 0.25) is 0 Å². The lowest BCUT2D eigenvalue weighted by Gasteiger charge is -2.32. The molecular weight excluding hydrogens is 319 g/mol. The zero-order chi connectivity index (χ0) is 17.9. The molecule has 0 fully saturated rings. The van der Waals surface area contributed by atoms with Crippen LogP contribution < -0.4 is 0 Å². The van der Waals surface area contributed by atoms with E-state index in [1.807, 2.05) is 12.1 Å². The minimum Gasteiger partial charge on any atom is -0.207 e. The van der Waals surface area contributed by atoms with Crippen molar-refractivity contribution in [3.05, 3.63) is 82.2 Å². The molecule has 0 aliphatic heterocycles. The topological polar surface area (TPSA) is 0 Å². The smallest absolute Gasteiger partial charge is 0.123 e. The van der Waals surface area contributed by atoms with Gasteiger partial charge >= 0.3 is 0 Å². The van der Waals surface area contributed by atoms with Gasteiger partial charge in [-0.25, -0.2) is 4.39 Å². The molecule has 136 valence electrons. The summed E-state index contributed by atoms with van der Waals surface area (Å²) in [5, 5.41) is 0. The molecule has 1 heteroatoms. The summed E-state index contributed by atoms with van der Waals surface area (Å²) in [5.74, 6) is 1.26. The van der Waals surface area contributed by atoms with E-state index in [2.05, 4.69) is 31.2 Å². The van der Waals surface area contributed by atoms with Gasteiger partial charge in [0.25, 0.3) is 0 Å².